The van der Waals surface area contributed by atoms with Crippen LogP contribution in [0.15, 0.2) is 4.52 Å². The quantitative estimate of drug-likeness (QED) is 0.901. The fourth-order valence-corrected chi connectivity index (χ4v) is 3.25. The lowest BCUT2D eigenvalue weighted by molar-refractivity contribution is -0.0957. The molecule has 2 aliphatic carbocycles. The Hall–Kier alpha value is -0.940. The molecule has 3 rings (SSSR count). The molecule has 5 heteroatoms. The van der Waals surface area contributed by atoms with E-state index in [1.165, 1.54) is 12.8 Å². The second-order valence-corrected chi connectivity index (χ2v) is 7.41. The van der Waals surface area contributed by atoms with Gasteiger partial charge in [-0.1, -0.05) is 19.0 Å². The number of nitrogens with two attached hydrogens (primary N) is 1. The zero-order valence-corrected chi connectivity index (χ0v) is 13.4. The van der Waals surface area contributed by atoms with E-state index in [1.54, 1.807) is 0 Å². The van der Waals surface area contributed by atoms with Gasteiger partial charge in [-0.3, -0.25) is 0 Å². The molecule has 1 heterocycles. The van der Waals surface area contributed by atoms with Crippen LogP contribution in [0.25, 0.3) is 0 Å². The Morgan fingerprint density at radius 3 is 2.52 bits per heavy atom. The summed E-state index contributed by atoms with van der Waals surface area (Å²) in [6.07, 6.45) is 6.47. The highest BCUT2D eigenvalue weighted by molar-refractivity contribution is 5.07. The normalized spacial score (nSPS) is 25.7. The Labute approximate surface area is 126 Å². The second kappa shape index (κ2) is 5.36. The number of ether oxygens (including phenoxy) is 1. The Morgan fingerprint density at radius 2 is 1.95 bits per heavy atom. The number of aromatic nitrogens is 2. The first kappa shape index (κ1) is 15.0. The van der Waals surface area contributed by atoms with Crippen molar-refractivity contribution < 1.29 is 9.26 Å². The first-order valence-electron chi connectivity index (χ1n) is 8.19. The van der Waals surface area contributed by atoms with Gasteiger partial charge in [-0.25, -0.2) is 0 Å². The lowest BCUT2D eigenvalue weighted by atomic mass is 9.70. The number of nitrogens with zero attached hydrogens (tertiary/aromatic N) is 2. The van der Waals surface area contributed by atoms with Gasteiger partial charge in [-0.05, 0) is 56.8 Å². The van der Waals surface area contributed by atoms with Crippen LogP contribution in [0.3, 0.4) is 0 Å². The van der Waals surface area contributed by atoms with Crippen molar-refractivity contribution in [3.8, 4) is 0 Å². The highest BCUT2D eigenvalue weighted by Gasteiger charge is 2.44. The molecule has 0 amide bonds. The fourth-order valence-electron chi connectivity index (χ4n) is 3.25. The van der Waals surface area contributed by atoms with Crippen molar-refractivity contribution in [1.82, 2.24) is 10.1 Å². The van der Waals surface area contributed by atoms with Crippen molar-refractivity contribution in [1.29, 1.82) is 0 Å². The summed E-state index contributed by atoms with van der Waals surface area (Å²) in [6, 6.07) is -0.107. The molecular formula is C16H27N3O2. The van der Waals surface area contributed by atoms with Crippen molar-refractivity contribution in [3.05, 3.63) is 11.7 Å². The van der Waals surface area contributed by atoms with E-state index in [0.717, 1.165) is 25.7 Å². The van der Waals surface area contributed by atoms with Gasteiger partial charge in [0.2, 0.25) is 11.7 Å². The molecule has 0 radical (unpaired) electrons. The first-order valence-corrected chi connectivity index (χ1v) is 8.19. The van der Waals surface area contributed by atoms with E-state index < -0.39 is 0 Å². The minimum Gasteiger partial charge on any atom is -0.367 e. The number of hydrogen-bond acceptors (Lipinski definition) is 5. The zero-order chi connectivity index (χ0) is 15.1. The highest BCUT2D eigenvalue weighted by atomic mass is 16.5. The molecule has 0 spiro atoms. The van der Waals surface area contributed by atoms with Gasteiger partial charge in [0, 0.05) is 6.61 Å². The third-order valence-corrected chi connectivity index (χ3v) is 5.10. The Kier molecular flexibility index (Phi) is 3.82. The Bertz CT molecular complexity index is 483. The van der Waals surface area contributed by atoms with E-state index in [1.807, 2.05) is 6.92 Å². The lowest BCUT2D eigenvalue weighted by Gasteiger charge is -2.41. The van der Waals surface area contributed by atoms with Crippen molar-refractivity contribution in [2.75, 3.05) is 6.61 Å². The second-order valence-electron chi connectivity index (χ2n) is 7.41. The number of hydrogen-bond donors (Lipinski definition) is 1. The van der Waals surface area contributed by atoms with Crippen LogP contribution in [0.5, 0.6) is 0 Å². The molecule has 21 heavy (non-hydrogen) atoms. The van der Waals surface area contributed by atoms with Crippen LogP contribution >= 0.6 is 0 Å². The summed E-state index contributed by atoms with van der Waals surface area (Å²) in [7, 11) is 0. The van der Waals surface area contributed by atoms with E-state index >= 15 is 0 Å². The monoisotopic (exact) mass is 293 g/mol. The van der Waals surface area contributed by atoms with Gasteiger partial charge in [-0.2, -0.15) is 4.98 Å². The minimum atomic E-state index is -0.380. The van der Waals surface area contributed by atoms with Gasteiger partial charge < -0.3 is 15.0 Å². The van der Waals surface area contributed by atoms with E-state index in [-0.39, 0.29) is 11.6 Å². The predicted octanol–water partition coefficient (Wildman–Crippen LogP) is 3.31. The molecular weight excluding hydrogens is 266 g/mol. The predicted molar refractivity (Wildman–Crippen MR) is 79.5 cm³/mol. The zero-order valence-electron chi connectivity index (χ0n) is 13.4. The molecule has 1 aromatic rings. The van der Waals surface area contributed by atoms with Gasteiger partial charge in [0.15, 0.2) is 0 Å². The molecule has 1 aromatic heterocycles. The van der Waals surface area contributed by atoms with Crippen molar-refractivity contribution in [3.63, 3.8) is 0 Å². The molecule has 2 aliphatic rings. The molecule has 2 fully saturated rings. The van der Waals surface area contributed by atoms with Gasteiger partial charge in [-0.15, -0.1) is 0 Å². The van der Waals surface area contributed by atoms with E-state index in [2.05, 4.69) is 24.0 Å². The first-order chi connectivity index (χ1) is 9.96. The van der Waals surface area contributed by atoms with Crippen molar-refractivity contribution in [2.45, 2.75) is 70.9 Å². The summed E-state index contributed by atoms with van der Waals surface area (Å²) >= 11 is 0. The Morgan fingerprint density at radius 1 is 1.29 bits per heavy atom. The maximum absolute atomic E-state index is 6.17. The maximum atomic E-state index is 6.17. The van der Waals surface area contributed by atoms with Gasteiger partial charge in [0.25, 0.3) is 0 Å². The van der Waals surface area contributed by atoms with Crippen LogP contribution in [-0.2, 0) is 10.3 Å². The molecule has 0 aliphatic heterocycles. The molecule has 0 aromatic carbocycles. The fraction of sp³-hybridized carbons (Fsp3) is 0.875. The third-order valence-electron chi connectivity index (χ3n) is 5.10. The largest absolute Gasteiger partial charge is 0.367 e. The minimum absolute atomic E-state index is 0.107. The molecule has 2 saturated carbocycles. The smallest absolute Gasteiger partial charge is 0.243 e. The van der Waals surface area contributed by atoms with E-state index in [4.69, 9.17) is 15.0 Å². The van der Waals surface area contributed by atoms with Crippen molar-refractivity contribution in [2.24, 2.45) is 17.1 Å². The summed E-state index contributed by atoms with van der Waals surface area (Å²) in [5.74, 6) is 1.80. The van der Waals surface area contributed by atoms with Crippen LogP contribution in [-0.4, -0.2) is 16.7 Å². The van der Waals surface area contributed by atoms with Crippen LogP contribution in [0.4, 0.5) is 0 Å². The van der Waals surface area contributed by atoms with Gasteiger partial charge in [0.05, 0.1) is 6.04 Å². The molecule has 0 saturated heterocycles. The highest BCUT2D eigenvalue weighted by Crippen LogP contribution is 2.47. The molecule has 1 atom stereocenters. The lowest BCUT2D eigenvalue weighted by Crippen LogP contribution is -2.38. The van der Waals surface area contributed by atoms with Crippen molar-refractivity contribution >= 4 is 0 Å². The van der Waals surface area contributed by atoms with Crippen LogP contribution in [0.2, 0.25) is 0 Å². The summed E-state index contributed by atoms with van der Waals surface area (Å²) in [4.78, 5) is 4.61. The maximum Gasteiger partial charge on any atom is 0.243 e. The standard InChI is InChI=1S/C16H27N3O2/c1-4-20-16(9-7-15(2,3)8-10-16)14-18-13(21-19-14)12(17)11-5-6-11/h11-12H,4-10,17H2,1-3H3. The summed E-state index contributed by atoms with van der Waals surface area (Å²) in [5.41, 5.74) is 6.16. The van der Waals surface area contributed by atoms with Crippen LogP contribution < -0.4 is 5.73 Å². The Balaban J connectivity index is 1.80. The SMILES string of the molecule is CCOC1(c2noc(C(N)C3CC3)n2)CCC(C)(C)CC1. The van der Waals surface area contributed by atoms with E-state index in [0.29, 0.717) is 29.7 Å². The molecule has 5 nitrogen and oxygen atoms in total. The summed E-state index contributed by atoms with van der Waals surface area (Å²) in [5, 5.41) is 4.22. The average Bonchev–Trinajstić information content (AvgIpc) is 3.18. The summed E-state index contributed by atoms with van der Waals surface area (Å²) in [6.45, 7) is 7.32. The van der Waals surface area contributed by atoms with Gasteiger partial charge in [0.1, 0.15) is 5.60 Å². The molecule has 1 unspecified atom stereocenters. The van der Waals surface area contributed by atoms with Crippen LogP contribution in [0, 0.1) is 11.3 Å². The topological polar surface area (TPSA) is 74.2 Å². The third kappa shape index (κ3) is 2.99. The molecule has 118 valence electrons. The molecule has 0 bridgehead atoms. The number of rotatable bonds is 5. The van der Waals surface area contributed by atoms with Crippen LogP contribution in [0.1, 0.15) is 77.1 Å². The average molecular weight is 293 g/mol. The molecule has 2 N–H and O–H groups in total. The summed E-state index contributed by atoms with van der Waals surface area (Å²) < 4.78 is 11.5. The van der Waals surface area contributed by atoms with Gasteiger partial charge >= 0.3 is 0 Å². The van der Waals surface area contributed by atoms with E-state index in [9.17, 15) is 0 Å².